The van der Waals surface area contributed by atoms with E-state index in [0.717, 1.165) is 24.2 Å². The average molecular weight is 369 g/mol. The fourth-order valence-electron chi connectivity index (χ4n) is 3.13. The normalized spacial score (nSPS) is 14.3. The first-order valence-electron chi connectivity index (χ1n) is 9.50. The Morgan fingerprint density at radius 2 is 1.70 bits per heavy atom. The van der Waals surface area contributed by atoms with Crippen molar-refractivity contribution in [1.82, 2.24) is 5.32 Å². The van der Waals surface area contributed by atoms with Gasteiger partial charge in [0.05, 0.1) is 26.4 Å². The Hall–Kier alpha value is -2.69. The van der Waals surface area contributed by atoms with Crippen molar-refractivity contribution in [3.63, 3.8) is 0 Å². The van der Waals surface area contributed by atoms with E-state index in [2.05, 4.69) is 5.32 Å². The van der Waals surface area contributed by atoms with Gasteiger partial charge in [-0.1, -0.05) is 12.1 Å². The highest BCUT2D eigenvalue weighted by Gasteiger charge is 2.33. The van der Waals surface area contributed by atoms with E-state index < -0.39 is 0 Å². The maximum absolute atomic E-state index is 12.9. The van der Waals surface area contributed by atoms with Crippen molar-refractivity contribution in [2.45, 2.75) is 32.7 Å². The molecule has 27 heavy (non-hydrogen) atoms. The Morgan fingerprint density at radius 3 is 2.30 bits per heavy atom. The highest BCUT2D eigenvalue weighted by molar-refractivity contribution is 5.95. The van der Waals surface area contributed by atoms with Gasteiger partial charge in [0.15, 0.2) is 11.5 Å². The third kappa shape index (κ3) is 4.73. The summed E-state index contributed by atoms with van der Waals surface area (Å²) in [6.45, 7) is 4.90. The van der Waals surface area contributed by atoms with Gasteiger partial charge in [0, 0.05) is 5.56 Å². The third-order valence-corrected chi connectivity index (χ3v) is 4.66. The summed E-state index contributed by atoms with van der Waals surface area (Å²) in [6, 6.07) is 13.2. The van der Waals surface area contributed by atoms with E-state index in [1.54, 1.807) is 25.3 Å². The van der Waals surface area contributed by atoms with Crippen LogP contribution >= 0.6 is 0 Å². The molecular weight excluding hydrogens is 342 g/mol. The van der Waals surface area contributed by atoms with Crippen molar-refractivity contribution < 1.29 is 19.0 Å². The Morgan fingerprint density at radius 1 is 1.04 bits per heavy atom. The van der Waals surface area contributed by atoms with Crippen LogP contribution in [0.1, 0.15) is 48.7 Å². The summed E-state index contributed by atoms with van der Waals surface area (Å²) in [6.07, 6.45) is 2.26. The van der Waals surface area contributed by atoms with Crippen LogP contribution < -0.4 is 19.5 Å². The maximum atomic E-state index is 12.9. The molecule has 5 nitrogen and oxygen atoms in total. The van der Waals surface area contributed by atoms with Crippen molar-refractivity contribution in [1.29, 1.82) is 0 Å². The van der Waals surface area contributed by atoms with Gasteiger partial charge in [0.25, 0.3) is 5.91 Å². The molecule has 1 amide bonds. The summed E-state index contributed by atoms with van der Waals surface area (Å²) in [5.41, 5.74) is 1.67. The lowest BCUT2D eigenvalue weighted by atomic mass is 10.0. The van der Waals surface area contributed by atoms with Crippen LogP contribution in [0, 0.1) is 5.92 Å². The van der Waals surface area contributed by atoms with E-state index in [1.807, 2.05) is 38.1 Å². The fourth-order valence-corrected chi connectivity index (χ4v) is 3.13. The summed E-state index contributed by atoms with van der Waals surface area (Å²) in [7, 11) is 1.65. The van der Waals surface area contributed by atoms with Crippen molar-refractivity contribution in [3.8, 4) is 17.2 Å². The molecule has 1 saturated carbocycles. The van der Waals surface area contributed by atoms with Gasteiger partial charge in [0.2, 0.25) is 0 Å². The minimum absolute atomic E-state index is 0.00511. The SMILES string of the molecule is CCOc1ccc(C(=O)NC(c2ccc(OC)cc2)C2CC2)cc1OCC. The molecule has 0 aromatic heterocycles. The first-order valence-corrected chi connectivity index (χ1v) is 9.50. The zero-order valence-corrected chi connectivity index (χ0v) is 16.2. The number of nitrogens with one attached hydrogen (secondary N) is 1. The lowest BCUT2D eigenvalue weighted by Gasteiger charge is -2.20. The van der Waals surface area contributed by atoms with Crippen LogP contribution in [0.3, 0.4) is 0 Å². The first-order chi connectivity index (χ1) is 13.2. The molecule has 0 spiro atoms. The molecule has 0 radical (unpaired) electrons. The number of hydrogen-bond donors (Lipinski definition) is 1. The molecule has 1 fully saturated rings. The largest absolute Gasteiger partial charge is 0.497 e. The summed E-state index contributed by atoms with van der Waals surface area (Å²) in [4.78, 5) is 12.9. The van der Waals surface area contributed by atoms with Gasteiger partial charge in [-0.15, -0.1) is 0 Å². The van der Waals surface area contributed by atoms with E-state index in [9.17, 15) is 4.79 Å². The highest BCUT2D eigenvalue weighted by atomic mass is 16.5. The van der Waals surface area contributed by atoms with Gasteiger partial charge in [0.1, 0.15) is 5.75 Å². The minimum Gasteiger partial charge on any atom is -0.497 e. The van der Waals surface area contributed by atoms with E-state index in [4.69, 9.17) is 14.2 Å². The molecule has 2 aromatic carbocycles. The zero-order valence-electron chi connectivity index (χ0n) is 16.2. The quantitative estimate of drug-likeness (QED) is 0.713. The molecule has 1 atom stereocenters. The van der Waals surface area contributed by atoms with Crippen LogP contribution in [0.15, 0.2) is 42.5 Å². The molecule has 1 aliphatic carbocycles. The molecule has 1 N–H and O–H groups in total. The predicted octanol–water partition coefficient (Wildman–Crippen LogP) is 4.37. The van der Waals surface area contributed by atoms with Crippen molar-refractivity contribution >= 4 is 5.91 Å². The molecule has 5 heteroatoms. The van der Waals surface area contributed by atoms with Crippen molar-refractivity contribution in [2.75, 3.05) is 20.3 Å². The van der Waals surface area contributed by atoms with Crippen LogP contribution in [0.5, 0.6) is 17.2 Å². The number of hydrogen-bond acceptors (Lipinski definition) is 4. The van der Waals surface area contributed by atoms with Gasteiger partial charge in [-0.05, 0) is 68.5 Å². The van der Waals surface area contributed by atoms with Crippen LogP contribution in [-0.4, -0.2) is 26.2 Å². The lowest BCUT2D eigenvalue weighted by molar-refractivity contribution is 0.0931. The van der Waals surface area contributed by atoms with Gasteiger partial charge in [-0.3, -0.25) is 4.79 Å². The monoisotopic (exact) mass is 369 g/mol. The number of amides is 1. The number of rotatable bonds is 9. The van der Waals surface area contributed by atoms with E-state index in [-0.39, 0.29) is 11.9 Å². The van der Waals surface area contributed by atoms with Crippen LogP contribution in [0.4, 0.5) is 0 Å². The maximum Gasteiger partial charge on any atom is 0.251 e. The molecule has 0 bridgehead atoms. The second kappa shape index (κ2) is 8.80. The molecule has 0 heterocycles. The van der Waals surface area contributed by atoms with E-state index in [0.29, 0.717) is 36.2 Å². The standard InChI is InChI=1S/C22H27NO4/c1-4-26-19-13-10-17(14-20(19)27-5-2)22(24)23-21(15-6-7-15)16-8-11-18(25-3)12-9-16/h8-15,21H,4-7H2,1-3H3,(H,23,24). The Balaban J connectivity index is 1.78. The molecule has 1 unspecified atom stereocenters. The molecule has 0 saturated heterocycles. The molecule has 0 aliphatic heterocycles. The van der Waals surface area contributed by atoms with Crippen molar-refractivity contribution in [3.05, 3.63) is 53.6 Å². The number of benzene rings is 2. The Labute approximate surface area is 160 Å². The number of carbonyl (C=O) groups is 1. The molecule has 2 aromatic rings. The average Bonchev–Trinajstić information content (AvgIpc) is 3.53. The van der Waals surface area contributed by atoms with E-state index >= 15 is 0 Å². The predicted molar refractivity (Wildman–Crippen MR) is 105 cm³/mol. The highest BCUT2D eigenvalue weighted by Crippen LogP contribution is 2.41. The summed E-state index contributed by atoms with van der Waals surface area (Å²) < 4.78 is 16.4. The van der Waals surface area contributed by atoms with Gasteiger partial charge < -0.3 is 19.5 Å². The van der Waals surface area contributed by atoms with Gasteiger partial charge >= 0.3 is 0 Å². The number of methoxy groups -OCH3 is 1. The Kier molecular flexibility index (Phi) is 6.22. The third-order valence-electron chi connectivity index (χ3n) is 4.66. The summed E-state index contributed by atoms with van der Waals surface area (Å²) in [5.74, 6) is 2.44. The van der Waals surface area contributed by atoms with E-state index in [1.165, 1.54) is 0 Å². The summed E-state index contributed by atoms with van der Waals surface area (Å²) in [5, 5.41) is 3.19. The fraction of sp³-hybridized carbons (Fsp3) is 0.409. The van der Waals surface area contributed by atoms with Crippen LogP contribution in [-0.2, 0) is 0 Å². The second-order valence-electron chi connectivity index (χ2n) is 6.59. The molecule has 3 rings (SSSR count). The molecule has 144 valence electrons. The van der Waals surface area contributed by atoms with Gasteiger partial charge in [-0.25, -0.2) is 0 Å². The topological polar surface area (TPSA) is 56.8 Å². The molecular formula is C22H27NO4. The zero-order chi connectivity index (χ0) is 19.2. The van der Waals surface area contributed by atoms with Gasteiger partial charge in [-0.2, -0.15) is 0 Å². The summed E-state index contributed by atoms with van der Waals surface area (Å²) >= 11 is 0. The second-order valence-corrected chi connectivity index (χ2v) is 6.59. The minimum atomic E-state index is -0.105. The smallest absolute Gasteiger partial charge is 0.251 e. The van der Waals surface area contributed by atoms with Crippen LogP contribution in [0.2, 0.25) is 0 Å². The lowest BCUT2D eigenvalue weighted by Crippen LogP contribution is -2.29. The van der Waals surface area contributed by atoms with Crippen molar-refractivity contribution in [2.24, 2.45) is 5.92 Å². The number of ether oxygens (including phenoxy) is 3. The molecule has 1 aliphatic rings. The Bertz CT molecular complexity index is 768. The van der Waals surface area contributed by atoms with Crippen LogP contribution in [0.25, 0.3) is 0 Å². The number of carbonyl (C=O) groups excluding carboxylic acids is 1. The first kappa shape index (κ1) is 19.1.